The highest BCUT2D eigenvalue weighted by Gasteiger charge is 2.35. The number of carboxylic acid groups (broad SMARTS) is 1. The van der Waals surface area contributed by atoms with Gasteiger partial charge in [0.2, 0.25) is 0 Å². The molecule has 3 aromatic carbocycles. The number of rotatable bonds is 12. The molecular formula is C34H40FN3O5. The summed E-state index contributed by atoms with van der Waals surface area (Å²) in [6.45, 7) is 10.2. The quantitative estimate of drug-likeness (QED) is 0.203. The molecule has 0 spiro atoms. The molecule has 0 fully saturated rings. The second-order valence-corrected chi connectivity index (χ2v) is 9.84. The van der Waals surface area contributed by atoms with Crippen molar-refractivity contribution >= 4 is 11.9 Å². The normalized spacial score (nSPS) is 10.6. The predicted molar refractivity (Wildman–Crippen MR) is 166 cm³/mol. The Labute approximate surface area is 252 Å². The van der Waals surface area contributed by atoms with Crippen molar-refractivity contribution < 1.29 is 28.6 Å². The Morgan fingerprint density at radius 2 is 1.16 bits per heavy atom. The molecular weight excluding hydrogens is 549 g/mol. The van der Waals surface area contributed by atoms with E-state index in [-0.39, 0.29) is 41.8 Å². The van der Waals surface area contributed by atoms with Crippen molar-refractivity contribution in [3.8, 4) is 17.2 Å². The Morgan fingerprint density at radius 3 is 1.53 bits per heavy atom. The number of amides is 1. The lowest BCUT2D eigenvalue weighted by Crippen LogP contribution is -2.25. The molecule has 0 saturated heterocycles. The molecule has 0 bridgehead atoms. The maximum Gasteiger partial charge on any atom is 0.356 e. The molecule has 1 amide bonds. The Balaban J connectivity index is 0.000000646. The van der Waals surface area contributed by atoms with E-state index in [1.807, 2.05) is 60.7 Å². The first-order valence-corrected chi connectivity index (χ1v) is 14.3. The minimum atomic E-state index is -1.33. The van der Waals surface area contributed by atoms with Gasteiger partial charge in [-0.2, -0.15) is 0 Å². The number of carbonyl (C=O) groups is 2. The van der Waals surface area contributed by atoms with Crippen LogP contribution in [0.5, 0.6) is 11.5 Å². The van der Waals surface area contributed by atoms with Crippen LogP contribution in [-0.2, 0) is 13.2 Å². The van der Waals surface area contributed by atoms with Crippen LogP contribution in [0.4, 0.5) is 4.39 Å². The third-order valence-electron chi connectivity index (χ3n) is 6.77. The SMILES string of the molecule is CCN(CC)CC.CN(C)C(=O)c1c(OCc2ccccc2)c(OCc2ccccc2)c(C(=O)O)n1-c1ccc(F)cc1. The third kappa shape index (κ3) is 8.68. The number of benzene rings is 3. The highest BCUT2D eigenvalue weighted by Crippen LogP contribution is 2.42. The third-order valence-corrected chi connectivity index (χ3v) is 6.77. The van der Waals surface area contributed by atoms with Crippen molar-refractivity contribution in [3.05, 3.63) is 113 Å². The molecule has 0 radical (unpaired) electrons. The molecule has 0 atom stereocenters. The van der Waals surface area contributed by atoms with Crippen molar-refractivity contribution in [1.82, 2.24) is 14.4 Å². The van der Waals surface area contributed by atoms with Gasteiger partial charge in [-0.15, -0.1) is 0 Å². The predicted octanol–water partition coefficient (Wildman–Crippen LogP) is 6.52. The van der Waals surface area contributed by atoms with Crippen LogP contribution in [-0.4, -0.2) is 65.1 Å². The summed E-state index contributed by atoms with van der Waals surface area (Å²) >= 11 is 0. The van der Waals surface area contributed by atoms with E-state index in [4.69, 9.17) is 9.47 Å². The standard InChI is InChI=1S/C28H25FN2O5.C6H15N/c1-30(2)27(32)23-25(35-17-19-9-5-3-6-10-19)26(36-18-20-11-7-4-8-12-20)24(28(33)34)31(23)22-15-13-21(29)14-16-22;1-4-7(5-2)6-3/h3-16H,17-18H2,1-2H3,(H,33,34);4-6H2,1-3H3. The zero-order valence-electron chi connectivity index (χ0n) is 25.4. The highest BCUT2D eigenvalue weighted by molar-refractivity contribution is 6.02. The average Bonchev–Trinajstić information content (AvgIpc) is 3.35. The summed E-state index contributed by atoms with van der Waals surface area (Å²) in [5, 5.41) is 10.2. The van der Waals surface area contributed by atoms with Gasteiger partial charge in [0.05, 0.1) is 0 Å². The second-order valence-electron chi connectivity index (χ2n) is 9.84. The van der Waals surface area contributed by atoms with Gasteiger partial charge in [-0.25, -0.2) is 9.18 Å². The number of halogens is 1. The molecule has 4 aromatic rings. The van der Waals surface area contributed by atoms with Crippen LogP contribution >= 0.6 is 0 Å². The van der Waals surface area contributed by atoms with E-state index in [1.54, 1.807) is 14.1 Å². The fraction of sp³-hybridized carbons (Fsp3) is 0.294. The maximum atomic E-state index is 13.7. The fourth-order valence-corrected chi connectivity index (χ4v) is 4.37. The molecule has 1 heterocycles. The number of aromatic nitrogens is 1. The van der Waals surface area contributed by atoms with Crippen LogP contribution in [0, 0.1) is 5.82 Å². The molecule has 0 aliphatic heterocycles. The number of carboxylic acids is 1. The van der Waals surface area contributed by atoms with E-state index in [1.165, 1.54) is 53.4 Å². The molecule has 43 heavy (non-hydrogen) atoms. The first-order chi connectivity index (χ1) is 20.7. The molecule has 4 rings (SSSR count). The molecule has 9 heteroatoms. The summed E-state index contributed by atoms with van der Waals surface area (Å²) in [6.07, 6.45) is 0. The van der Waals surface area contributed by atoms with Gasteiger partial charge in [-0.1, -0.05) is 81.4 Å². The zero-order valence-corrected chi connectivity index (χ0v) is 25.4. The van der Waals surface area contributed by atoms with Gasteiger partial charge in [0, 0.05) is 19.8 Å². The van der Waals surface area contributed by atoms with E-state index >= 15 is 0 Å². The van der Waals surface area contributed by atoms with Gasteiger partial charge < -0.3 is 24.4 Å². The lowest BCUT2D eigenvalue weighted by Gasteiger charge is -2.16. The van der Waals surface area contributed by atoms with Gasteiger partial charge in [-0.05, 0) is 55.0 Å². The summed E-state index contributed by atoms with van der Waals surface area (Å²) in [4.78, 5) is 29.7. The molecule has 228 valence electrons. The summed E-state index contributed by atoms with van der Waals surface area (Å²) in [5.74, 6) is -2.42. The Kier molecular flexibility index (Phi) is 12.3. The summed E-state index contributed by atoms with van der Waals surface area (Å²) in [7, 11) is 3.10. The number of nitrogens with zero attached hydrogens (tertiary/aromatic N) is 3. The van der Waals surface area contributed by atoms with E-state index in [0.717, 1.165) is 11.1 Å². The molecule has 1 N–H and O–H groups in total. The smallest absolute Gasteiger partial charge is 0.356 e. The van der Waals surface area contributed by atoms with Crippen molar-refractivity contribution in [2.24, 2.45) is 0 Å². The Morgan fingerprint density at radius 1 is 0.721 bits per heavy atom. The van der Waals surface area contributed by atoms with Crippen molar-refractivity contribution in [2.75, 3.05) is 33.7 Å². The lowest BCUT2D eigenvalue weighted by molar-refractivity contribution is 0.0682. The monoisotopic (exact) mass is 589 g/mol. The van der Waals surface area contributed by atoms with Crippen molar-refractivity contribution in [1.29, 1.82) is 0 Å². The van der Waals surface area contributed by atoms with Gasteiger partial charge >= 0.3 is 5.97 Å². The fourth-order valence-electron chi connectivity index (χ4n) is 4.37. The molecule has 0 aliphatic rings. The van der Waals surface area contributed by atoms with Gasteiger partial charge in [0.15, 0.2) is 22.9 Å². The van der Waals surface area contributed by atoms with Crippen LogP contribution in [0.3, 0.4) is 0 Å². The molecule has 0 saturated carbocycles. The Hall–Kier alpha value is -4.63. The van der Waals surface area contributed by atoms with Gasteiger partial charge in [0.1, 0.15) is 19.0 Å². The largest absolute Gasteiger partial charge is 0.483 e. The van der Waals surface area contributed by atoms with E-state index in [0.29, 0.717) is 0 Å². The first kappa shape index (κ1) is 32.9. The minimum Gasteiger partial charge on any atom is -0.483 e. The van der Waals surface area contributed by atoms with Crippen LogP contribution in [0.2, 0.25) is 0 Å². The molecule has 8 nitrogen and oxygen atoms in total. The number of aromatic carboxylic acids is 1. The first-order valence-electron chi connectivity index (χ1n) is 14.3. The highest BCUT2D eigenvalue weighted by atomic mass is 19.1. The average molecular weight is 590 g/mol. The number of carbonyl (C=O) groups excluding carboxylic acids is 1. The van der Waals surface area contributed by atoms with Crippen molar-refractivity contribution in [3.63, 3.8) is 0 Å². The van der Waals surface area contributed by atoms with Crippen LogP contribution in [0.1, 0.15) is 52.9 Å². The van der Waals surface area contributed by atoms with E-state index in [9.17, 15) is 19.1 Å². The molecule has 1 aromatic heterocycles. The van der Waals surface area contributed by atoms with Crippen LogP contribution in [0.15, 0.2) is 84.9 Å². The molecule has 0 aliphatic carbocycles. The topological polar surface area (TPSA) is 84.2 Å². The second kappa shape index (κ2) is 16.1. The zero-order chi connectivity index (χ0) is 31.4. The van der Waals surface area contributed by atoms with Crippen LogP contribution < -0.4 is 9.47 Å². The maximum absolute atomic E-state index is 13.7. The minimum absolute atomic E-state index is 0.00444. The summed E-state index contributed by atoms with van der Waals surface area (Å²) in [5.41, 5.74) is 1.56. The number of hydrogen-bond donors (Lipinski definition) is 1. The van der Waals surface area contributed by atoms with Gasteiger partial charge in [-0.3, -0.25) is 9.36 Å². The lowest BCUT2D eigenvalue weighted by atomic mass is 10.2. The van der Waals surface area contributed by atoms with E-state index in [2.05, 4.69) is 25.7 Å². The van der Waals surface area contributed by atoms with Gasteiger partial charge in [0.25, 0.3) is 5.91 Å². The Bertz CT molecular complexity index is 1450. The summed E-state index contributed by atoms with van der Waals surface area (Å²) in [6, 6.07) is 23.7. The molecule has 0 unspecified atom stereocenters. The summed E-state index contributed by atoms with van der Waals surface area (Å²) < 4.78 is 27.1. The number of hydrogen-bond acceptors (Lipinski definition) is 5. The number of ether oxygens (including phenoxy) is 2. The van der Waals surface area contributed by atoms with Crippen LogP contribution in [0.25, 0.3) is 5.69 Å². The van der Waals surface area contributed by atoms with Crippen molar-refractivity contribution in [2.45, 2.75) is 34.0 Å². The van der Waals surface area contributed by atoms with E-state index < -0.39 is 17.7 Å².